The minimum atomic E-state index is -0.652. The number of likely N-dealkylation sites (tertiary alicyclic amines) is 1. The Bertz CT molecular complexity index is 1040. The molecule has 1 aromatic carbocycles. The van der Waals surface area contributed by atoms with Gasteiger partial charge in [0.1, 0.15) is 0 Å². The Balaban J connectivity index is 1.82. The van der Waals surface area contributed by atoms with Crippen LogP contribution in [0.25, 0.3) is 0 Å². The van der Waals surface area contributed by atoms with Gasteiger partial charge in [0.05, 0.1) is 37.8 Å². The molecule has 9 heteroatoms. The van der Waals surface area contributed by atoms with Crippen LogP contribution in [0.1, 0.15) is 43.9 Å². The third-order valence-corrected chi connectivity index (χ3v) is 7.18. The molecule has 0 saturated carbocycles. The van der Waals surface area contributed by atoms with E-state index in [9.17, 15) is 9.59 Å². The summed E-state index contributed by atoms with van der Waals surface area (Å²) in [5.74, 6) is -1.36. The molecule has 1 fully saturated rings. The number of halogens is 3. The number of benzene rings is 1. The van der Waals surface area contributed by atoms with Crippen LogP contribution in [0.4, 0.5) is 5.69 Å². The Kier molecular flexibility index (Phi) is 8.88. The Hall–Kier alpha value is -1.73. The lowest BCUT2D eigenvalue weighted by molar-refractivity contribution is -0.133. The largest absolute Gasteiger partial charge is 0.342 e. The first-order chi connectivity index (χ1) is 15.3. The minimum absolute atomic E-state index is 0.165. The van der Waals surface area contributed by atoms with Crippen LogP contribution in [0, 0.1) is 11.3 Å². The number of carbonyl (C=O) groups excluding carboxylic acids is 2. The second-order valence-corrected chi connectivity index (χ2v) is 10.3. The first-order valence-electron chi connectivity index (χ1n) is 10.4. The van der Waals surface area contributed by atoms with Crippen molar-refractivity contribution in [2.75, 3.05) is 13.1 Å². The molecule has 0 radical (unpaired) electrons. The van der Waals surface area contributed by atoms with E-state index >= 15 is 0 Å². The first kappa shape index (κ1) is 24.9. The molecule has 1 aliphatic heterocycles. The molecule has 0 spiro atoms. The van der Waals surface area contributed by atoms with E-state index in [-0.39, 0.29) is 18.0 Å². The van der Waals surface area contributed by atoms with Gasteiger partial charge in [-0.1, -0.05) is 54.6 Å². The summed E-state index contributed by atoms with van der Waals surface area (Å²) in [6.07, 6.45) is 3.79. The Morgan fingerprint density at radius 3 is 2.38 bits per heavy atom. The molecule has 1 aliphatic rings. The molecule has 2 heterocycles. The summed E-state index contributed by atoms with van der Waals surface area (Å²) >= 11 is 19.7. The van der Waals surface area contributed by atoms with Crippen LogP contribution < -0.4 is 0 Å². The summed E-state index contributed by atoms with van der Waals surface area (Å²) in [6.45, 7) is 3.07. The van der Waals surface area contributed by atoms with Crippen molar-refractivity contribution in [1.29, 1.82) is 5.41 Å². The van der Waals surface area contributed by atoms with E-state index in [1.807, 2.05) is 0 Å². The molecule has 1 N–H and O–H groups in total. The van der Waals surface area contributed by atoms with Gasteiger partial charge in [-0.15, -0.1) is 11.3 Å². The monoisotopic (exact) mass is 511 g/mol. The molecular formula is C23H24Cl3N3O2S. The summed E-state index contributed by atoms with van der Waals surface area (Å²) < 4.78 is 0.566. The number of aliphatic imine (C=N–C) groups is 1. The summed E-state index contributed by atoms with van der Waals surface area (Å²) in [5, 5.41) is 9.35. The van der Waals surface area contributed by atoms with Crippen LogP contribution in [0.15, 0.2) is 35.3 Å². The molecule has 2 aromatic rings. The summed E-state index contributed by atoms with van der Waals surface area (Å²) in [7, 11) is 0. The quantitative estimate of drug-likeness (QED) is 0.325. The van der Waals surface area contributed by atoms with Crippen LogP contribution in [-0.2, 0) is 9.59 Å². The lowest BCUT2D eigenvalue weighted by atomic mass is 9.93. The van der Waals surface area contributed by atoms with Crippen molar-refractivity contribution >= 4 is 74.9 Å². The lowest BCUT2D eigenvalue weighted by Gasteiger charge is -2.21. The Labute approximate surface area is 206 Å². The smallest absolute Gasteiger partial charge is 0.230 e. The molecule has 1 atom stereocenters. The van der Waals surface area contributed by atoms with E-state index in [1.165, 1.54) is 11.3 Å². The maximum absolute atomic E-state index is 12.8. The van der Waals surface area contributed by atoms with Crippen molar-refractivity contribution in [2.45, 2.75) is 39.0 Å². The molecule has 1 saturated heterocycles. The molecule has 1 aromatic heterocycles. The van der Waals surface area contributed by atoms with E-state index in [2.05, 4.69) is 4.99 Å². The fourth-order valence-corrected chi connectivity index (χ4v) is 5.13. The number of ketones is 1. The molecule has 1 unspecified atom stereocenters. The topological polar surface area (TPSA) is 73.6 Å². The zero-order chi connectivity index (χ0) is 23.3. The van der Waals surface area contributed by atoms with Crippen LogP contribution in [0.3, 0.4) is 0 Å². The number of amides is 1. The van der Waals surface area contributed by atoms with Crippen molar-refractivity contribution in [3.05, 3.63) is 49.6 Å². The summed E-state index contributed by atoms with van der Waals surface area (Å²) in [5.41, 5.74) is 0.802. The van der Waals surface area contributed by atoms with Gasteiger partial charge in [0, 0.05) is 24.0 Å². The molecule has 0 aliphatic carbocycles. The van der Waals surface area contributed by atoms with E-state index in [0.29, 0.717) is 38.9 Å². The van der Waals surface area contributed by atoms with E-state index in [4.69, 9.17) is 40.2 Å². The SMILES string of the molecule is CC(C(=N)C(=O)CC(=O)N1CCCCCC1)C(=Nc1ccc(Cl)cc1Cl)c1ccc(Cl)s1. The second kappa shape index (κ2) is 11.4. The number of hydrogen-bond acceptors (Lipinski definition) is 5. The van der Waals surface area contributed by atoms with E-state index in [1.54, 1.807) is 42.2 Å². The van der Waals surface area contributed by atoms with E-state index < -0.39 is 11.7 Å². The van der Waals surface area contributed by atoms with Gasteiger partial charge in [-0.3, -0.25) is 9.59 Å². The molecule has 32 heavy (non-hydrogen) atoms. The lowest BCUT2D eigenvalue weighted by Crippen LogP contribution is -2.36. The molecule has 0 bridgehead atoms. The first-order valence-corrected chi connectivity index (χ1v) is 12.4. The number of carbonyl (C=O) groups is 2. The number of nitrogens with zero attached hydrogens (tertiary/aromatic N) is 2. The highest BCUT2D eigenvalue weighted by molar-refractivity contribution is 7.18. The highest BCUT2D eigenvalue weighted by atomic mass is 35.5. The third kappa shape index (κ3) is 6.41. The Morgan fingerprint density at radius 2 is 1.78 bits per heavy atom. The van der Waals surface area contributed by atoms with Crippen molar-refractivity contribution in [2.24, 2.45) is 10.9 Å². The zero-order valence-corrected chi connectivity index (χ0v) is 20.8. The third-order valence-electron chi connectivity index (χ3n) is 5.39. The maximum Gasteiger partial charge on any atom is 0.230 e. The average molecular weight is 513 g/mol. The van der Waals surface area contributed by atoms with Gasteiger partial charge in [0.2, 0.25) is 5.91 Å². The number of rotatable bonds is 7. The van der Waals surface area contributed by atoms with E-state index in [0.717, 1.165) is 30.6 Å². The predicted molar refractivity (Wildman–Crippen MR) is 134 cm³/mol. The summed E-state index contributed by atoms with van der Waals surface area (Å²) in [6, 6.07) is 8.48. The van der Waals surface area contributed by atoms with Gasteiger partial charge >= 0.3 is 0 Å². The predicted octanol–water partition coefficient (Wildman–Crippen LogP) is 6.85. The molecule has 170 valence electrons. The van der Waals surface area contributed by atoms with Crippen LogP contribution >= 0.6 is 46.1 Å². The molecule has 5 nitrogen and oxygen atoms in total. The number of hydrogen-bond donors (Lipinski definition) is 1. The van der Waals surface area contributed by atoms with Gasteiger partial charge in [-0.25, -0.2) is 4.99 Å². The van der Waals surface area contributed by atoms with Gasteiger partial charge < -0.3 is 10.3 Å². The maximum atomic E-state index is 12.8. The highest BCUT2D eigenvalue weighted by Gasteiger charge is 2.27. The van der Waals surface area contributed by atoms with Gasteiger partial charge in [-0.05, 0) is 43.2 Å². The van der Waals surface area contributed by atoms with Crippen LogP contribution in [0.2, 0.25) is 14.4 Å². The van der Waals surface area contributed by atoms with Crippen LogP contribution in [-0.4, -0.2) is 41.1 Å². The summed E-state index contributed by atoms with van der Waals surface area (Å²) in [4.78, 5) is 32.6. The number of Topliss-reactive ketones (excluding diaryl/α,β-unsaturated/α-hetero) is 1. The number of thiophene rings is 1. The fraction of sp³-hybridized carbons (Fsp3) is 0.391. The van der Waals surface area contributed by atoms with Crippen molar-refractivity contribution in [1.82, 2.24) is 4.90 Å². The van der Waals surface area contributed by atoms with Crippen molar-refractivity contribution < 1.29 is 9.59 Å². The Morgan fingerprint density at radius 1 is 1.09 bits per heavy atom. The normalized spacial score (nSPS) is 15.9. The highest BCUT2D eigenvalue weighted by Crippen LogP contribution is 2.32. The average Bonchev–Trinajstić information content (AvgIpc) is 3.00. The molecule has 1 amide bonds. The van der Waals surface area contributed by atoms with Gasteiger partial charge in [0.15, 0.2) is 5.78 Å². The van der Waals surface area contributed by atoms with Gasteiger partial charge in [-0.2, -0.15) is 0 Å². The van der Waals surface area contributed by atoms with Gasteiger partial charge in [0.25, 0.3) is 0 Å². The minimum Gasteiger partial charge on any atom is -0.342 e. The number of nitrogens with one attached hydrogen (secondary N) is 1. The van der Waals surface area contributed by atoms with Crippen molar-refractivity contribution in [3.63, 3.8) is 0 Å². The standard InChI is InChI=1S/C23H24Cl3N3O2S/c1-14(22(27)18(30)13-21(31)29-10-4-2-3-5-11-29)23(19-8-9-20(26)32-19)28-17-7-6-15(24)12-16(17)25/h6-9,12,14,27H,2-5,10-11,13H2,1H3. The van der Waals surface area contributed by atoms with Crippen molar-refractivity contribution in [3.8, 4) is 0 Å². The molecule has 3 rings (SSSR count). The van der Waals surface area contributed by atoms with Crippen LogP contribution in [0.5, 0.6) is 0 Å². The molecular weight excluding hydrogens is 489 g/mol. The second-order valence-electron chi connectivity index (χ2n) is 7.73. The zero-order valence-electron chi connectivity index (χ0n) is 17.7. The fourth-order valence-electron chi connectivity index (χ4n) is 3.56.